The second kappa shape index (κ2) is 9.85. The quantitative estimate of drug-likeness (QED) is 0.291. The molecule has 0 atom stereocenters. The number of nitrogens with zero attached hydrogens (tertiary/aromatic N) is 4. The van der Waals surface area contributed by atoms with Gasteiger partial charge in [-0.15, -0.1) is 11.3 Å². The van der Waals surface area contributed by atoms with E-state index < -0.39 is 10.8 Å². The summed E-state index contributed by atoms with van der Waals surface area (Å²) in [7, 11) is 0. The molecule has 1 aromatic carbocycles. The van der Waals surface area contributed by atoms with E-state index in [0.29, 0.717) is 21.8 Å². The van der Waals surface area contributed by atoms with Crippen molar-refractivity contribution in [2.24, 2.45) is 0 Å². The van der Waals surface area contributed by atoms with Crippen molar-refractivity contribution >= 4 is 39.7 Å². The number of nitrogens with one attached hydrogen (secondary N) is 1. The van der Waals surface area contributed by atoms with Crippen LogP contribution in [0.3, 0.4) is 0 Å². The molecule has 0 bridgehead atoms. The lowest BCUT2D eigenvalue weighted by Crippen LogP contribution is -2.29. The van der Waals surface area contributed by atoms with E-state index in [-0.39, 0.29) is 11.3 Å². The molecule has 1 fully saturated rings. The minimum atomic E-state index is -0.629. The summed E-state index contributed by atoms with van der Waals surface area (Å²) in [6.45, 7) is 1.54. The summed E-state index contributed by atoms with van der Waals surface area (Å²) in [6.07, 6.45) is 8.23. The fourth-order valence-electron chi connectivity index (χ4n) is 4.44. The molecule has 0 spiro atoms. The van der Waals surface area contributed by atoms with Gasteiger partial charge in [0.1, 0.15) is 28.4 Å². The van der Waals surface area contributed by atoms with Crippen LogP contribution >= 0.6 is 11.3 Å². The molecule has 1 N–H and O–H groups in total. The molecule has 0 saturated carbocycles. The highest BCUT2D eigenvalue weighted by Gasteiger charge is 2.24. The van der Waals surface area contributed by atoms with E-state index in [2.05, 4.69) is 11.4 Å². The third-order valence-corrected chi connectivity index (χ3v) is 7.29. The molecule has 1 saturated heterocycles. The van der Waals surface area contributed by atoms with Gasteiger partial charge in [0, 0.05) is 24.0 Å². The highest BCUT2D eigenvalue weighted by molar-refractivity contribution is 7.16. The largest absolute Gasteiger partial charge is 0.366 e. The Labute approximate surface area is 195 Å². The third kappa shape index (κ3) is 4.74. The van der Waals surface area contributed by atoms with Gasteiger partial charge in [-0.2, -0.15) is 10.5 Å². The molecule has 0 unspecified atom stereocenters. The zero-order chi connectivity index (χ0) is 23.4. The molecular weight excluding hydrogens is 438 g/mol. The lowest BCUT2D eigenvalue weighted by molar-refractivity contribution is -0.384. The number of hydrogen-bond donors (Lipinski definition) is 1. The van der Waals surface area contributed by atoms with Crippen LogP contribution in [0, 0.1) is 32.8 Å². The van der Waals surface area contributed by atoms with Gasteiger partial charge in [0.15, 0.2) is 0 Å². The second-order valence-corrected chi connectivity index (χ2v) is 9.31. The van der Waals surface area contributed by atoms with Crippen molar-refractivity contribution in [2.45, 2.75) is 44.9 Å². The summed E-state index contributed by atoms with van der Waals surface area (Å²) >= 11 is 1.39. The number of carbonyl (C=O) groups is 1. The third-order valence-electron chi connectivity index (χ3n) is 6.08. The molecule has 8 nitrogen and oxygen atoms in total. The predicted octanol–water partition coefficient (Wildman–Crippen LogP) is 4.94. The van der Waals surface area contributed by atoms with E-state index in [9.17, 15) is 25.4 Å². The molecule has 1 amide bonds. The molecule has 2 heterocycles. The zero-order valence-corrected chi connectivity index (χ0v) is 18.9. The van der Waals surface area contributed by atoms with Crippen LogP contribution in [0.15, 0.2) is 23.8 Å². The predicted molar refractivity (Wildman–Crippen MR) is 127 cm³/mol. The van der Waals surface area contributed by atoms with Crippen molar-refractivity contribution in [3.63, 3.8) is 0 Å². The van der Waals surface area contributed by atoms with Crippen molar-refractivity contribution in [2.75, 3.05) is 23.3 Å². The van der Waals surface area contributed by atoms with Gasteiger partial charge >= 0.3 is 0 Å². The Morgan fingerprint density at radius 1 is 1.15 bits per heavy atom. The van der Waals surface area contributed by atoms with E-state index in [4.69, 9.17) is 0 Å². The Bertz CT molecular complexity index is 1210. The maximum absolute atomic E-state index is 12.8. The number of benzene rings is 1. The highest BCUT2D eigenvalue weighted by Crippen LogP contribution is 2.38. The molecule has 2 aliphatic rings. The molecular formula is C24H23N5O3S. The summed E-state index contributed by atoms with van der Waals surface area (Å²) < 4.78 is 0. The molecule has 9 heteroatoms. The first-order valence-corrected chi connectivity index (χ1v) is 11.8. The van der Waals surface area contributed by atoms with Crippen molar-refractivity contribution in [1.29, 1.82) is 10.5 Å². The maximum Gasteiger partial charge on any atom is 0.293 e. The molecule has 168 valence electrons. The number of nitriles is 2. The average Bonchev–Trinajstić information content (AvgIpc) is 3.19. The van der Waals surface area contributed by atoms with Crippen molar-refractivity contribution in [3.8, 4) is 12.1 Å². The summed E-state index contributed by atoms with van der Waals surface area (Å²) in [5, 5.41) is 34.0. The van der Waals surface area contributed by atoms with Crippen LogP contribution in [0.25, 0.3) is 6.08 Å². The first-order chi connectivity index (χ1) is 16.0. The Balaban J connectivity index is 1.60. The first kappa shape index (κ1) is 22.5. The van der Waals surface area contributed by atoms with Crippen LogP contribution < -0.4 is 10.2 Å². The number of carbonyl (C=O) groups excluding carboxylic acids is 1. The lowest BCUT2D eigenvalue weighted by atomic mass is 9.96. The lowest BCUT2D eigenvalue weighted by Gasteiger charge is -2.28. The van der Waals surface area contributed by atoms with E-state index in [1.807, 2.05) is 11.0 Å². The first-order valence-electron chi connectivity index (χ1n) is 11.0. The van der Waals surface area contributed by atoms with E-state index in [1.54, 1.807) is 12.1 Å². The second-order valence-electron chi connectivity index (χ2n) is 8.20. The molecule has 33 heavy (non-hydrogen) atoms. The number of aryl methyl sites for hydroxylation is 1. The zero-order valence-electron chi connectivity index (χ0n) is 18.1. The van der Waals surface area contributed by atoms with Crippen molar-refractivity contribution in [3.05, 3.63) is 55.5 Å². The van der Waals surface area contributed by atoms with Gasteiger partial charge < -0.3 is 10.2 Å². The number of hydrogen-bond acceptors (Lipinski definition) is 7. The van der Waals surface area contributed by atoms with Gasteiger partial charge in [0.25, 0.3) is 11.6 Å². The monoisotopic (exact) mass is 461 g/mol. The summed E-state index contributed by atoms with van der Waals surface area (Å²) in [5.41, 5.74) is 2.21. The molecule has 4 rings (SSSR count). The molecule has 1 aliphatic heterocycles. The number of fused-ring (bicyclic) bond motifs is 1. The Hall–Kier alpha value is -3.69. The SMILES string of the molecule is N#CC(=Cc1ccc(N2CCCCC2)c([N+](=O)[O-])c1)C(=O)Nc1sc2c(c1C#N)CCCC2. The van der Waals surface area contributed by atoms with E-state index >= 15 is 0 Å². The van der Waals surface area contributed by atoms with Crippen LogP contribution in [-0.2, 0) is 17.6 Å². The van der Waals surface area contributed by atoms with Crippen molar-refractivity contribution < 1.29 is 9.72 Å². The number of rotatable bonds is 5. The Morgan fingerprint density at radius 3 is 2.61 bits per heavy atom. The summed E-state index contributed by atoms with van der Waals surface area (Å²) in [6, 6.07) is 8.85. The van der Waals surface area contributed by atoms with Gasteiger partial charge in [0.05, 0.1) is 10.5 Å². The number of thiophene rings is 1. The number of piperidine rings is 1. The Kier molecular flexibility index (Phi) is 6.71. The number of nitro benzene ring substituents is 1. The van der Waals surface area contributed by atoms with Gasteiger partial charge in [-0.1, -0.05) is 6.07 Å². The molecule has 1 aromatic heterocycles. The van der Waals surface area contributed by atoms with Gasteiger partial charge in [-0.3, -0.25) is 14.9 Å². The standard InChI is InChI=1S/C24H23N5O3S/c25-14-17(23(30)27-24-19(15-26)18-6-2-3-7-22(18)33-24)12-16-8-9-20(21(13-16)29(31)32)28-10-4-1-5-11-28/h8-9,12-13H,1-7,10-11H2,(H,27,30). The smallest absolute Gasteiger partial charge is 0.293 e. The van der Waals surface area contributed by atoms with Crippen LogP contribution in [0.5, 0.6) is 0 Å². The Morgan fingerprint density at radius 2 is 1.91 bits per heavy atom. The average molecular weight is 462 g/mol. The summed E-state index contributed by atoms with van der Waals surface area (Å²) in [5.74, 6) is -0.629. The van der Waals surface area contributed by atoms with Crippen LogP contribution in [0.2, 0.25) is 0 Å². The van der Waals surface area contributed by atoms with Gasteiger partial charge in [-0.25, -0.2) is 0 Å². The van der Waals surface area contributed by atoms with Crippen LogP contribution in [0.4, 0.5) is 16.4 Å². The molecule has 0 radical (unpaired) electrons. The number of amides is 1. The normalized spacial score (nSPS) is 15.8. The van der Waals surface area contributed by atoms with Gasteiger partial charge in [0.2, 0.25) is 0 Å². The number of anilines is 2. The van der Waals surface area contributed by atoms with Crippen molar-refractivity contribution in [1.82, 2.24) is 0 Å². The van der Waals surface area contributed by atoms with E-state index in [1.165, 1.54) is 23.5 Å². The molecule has 2 aromatic rings. The number of nitro groups is 1. The van der Waals surface area contributed by atoms with Crippen LogP contribution in [0.1, 0.15) is 53.7 Å². The van der Waals surface area contributed by atoms with Crippen LogP contribution in [-0.4, -0.2) is 23.9 Å². The maximum atomic E-state index is 12.8. The topological polar surface area (TPSA) is 123 Å². The van der Waals surface area contributed by atoms with Gasteiger partial charge in [-0.05, 0) is 68.2 Å². The highest BCUT2D eigenvalue weighted by atomic mass is 32.1. The minimum absolute atomic E-state index is 0.0407. The summed E-state index contributed by atoms with van der Waals surface area (Å²) in [4.78, 5) is 27.2. The minimum Gasteiger partial charge on any atom is -0.366 e. The van der Waals surface area contributed by atoms with E-state index in [0.717, 1.165) is 68.5 Å². The fourth-order valence-corrected chi connectivity index (χ4v) is 5.67. The molecule has 1 aliphatic carbocycles. The fraction of sp³-hybridized carbons (Fsp3) is 0.375.